The summed E-state index contributed by atoms with van der Waals surface area (Å²) in [4.78, 5) is 0. The number of methoxy groups -OCH3 is 1. The van der Waals surface area contributed by atoms with Crippen molar-refractivity contribution in [2.24, 2.45) is 0 Å². The molecule has 0 bridgehead atoms. The zero-order valence-electron chi connectivity index (χ0n) is 10.9. The number of benzene rings is 1. The number of halogens is 1. The van der Waals surface area contributed by atoms with Gasteiger partial charge in [0.15, 0.2) is 0 Å². The van der Waals surface area contributed by atoms with Crippen LogP contribution in [-0.4, -0.2) is 16.9 Å². The predicted octanol–water partition coefficient (Wildman–Crippen LogP) is 3.90. The van der Waals surface area contributed by atoms with Crippen LogP contribution in [0.2, 0.25) is 0 Å². The Morgan fingerprint density at radius 2 is 2.06 bits per heavy atom. The van der Waals surface area contributed by atoms with Crippen LogP contribution in [0.25, 0.3) is 5.69 Å². The second-order valence-corrected chi connectivity index (χ2v) is 4.99. The molecule has 96 valence electrons. The molecule has 4 heteroatoms. The van der Waals surface area contributed by atoms with Gasteiger partial charge >= 0.3 is 0 Å². The Labute approximate surface area is 116 Å². The van der Waals surface area contributed by atoms with Crippen molar-refractivity contribution < 1.29 is 4.74 Å². The maximum absolute atomic E-state index is 5.40. The molecule has 0 saturated carbocycles. The number of hydrogen-bond acceptors (Lipinski definition) is 2. The lowest BCUT2D eigenvalue weighted by Crippen LogP contribution is -2.06. The van der Waals surface area contributed by atoms with Crippen molar-refractivity contribution in [2.75, 3.05) is 7.11 Å². The summed E-state index contributed by atoms with van der Waals surface area (Å²) in [6.07, 6.45) is 1.91. The number of nitrogens with zero attached hydrogens (tertiary/aromatic N) is 2. The van der Waals surface area contributed by atoms with Crippen LogP contribution < -0.4 is 4.74 Å². The number of alkyl halides is 1. The first-order valence-corrected chi connectivity index (χ1v) is 7.07. The van der Waals surface area contributed by atoms with Crippen LogP contribution in [0, 0.1) is 0 Å². The van der Waals surface area contributed by atoms with E-state index in [-0.39, 0.29) is 0 Å². The van der Waals surface area contributed by atoms with E-state index in [0.717, 1.165) is 16.8 Å². The highest BCUT2D eigenvalue weighted by Gasteiger charge is 2.16. The summed E-state index contributed by atoms with van der Waals surface area (Å²) in [5.41, 5.74) is 3.42. The van der Waals surface area contributed by atoms with E-state index in [0.29, 0.717) is 5.92 Å². The van der Waals surface area contributed by atoms with E-state index >= 15 is 0 Å². The normalized spacial score (nSPS) is 10.9. The smallest absolute Gasteiger partial charge is 0.144 e. The summed E-state index contributed by atoms with van der Waals surface area (Å²) in [6, 6.07) is 7.94. The van der Waals surface area contributed by atoms with Gasteiger partial charge in [-0.15, -0.1) is 0 Å². The molecule has 2 rings (SSSR count). The Morgan fingerprint density at radius 1 is 1.33 bits per heavy atom. The average Bonchev–Trinajstić information content (AvgIpc) is 2.82. The maximum atomic E-state index is 5.40. The SMILES string of the molecule is COc1ccccc1-n1ncc(CBr)c1C(C)C. The number of hydrogen-bond donors (Lipinski definition) is 0. The van der Waals surface area contributed by atoms with E-state index < -0.39 is 0 Å². The van der Waals surface area contributed by atoms with Gasteiger partial charge in [-0.25, -0.2) is 4.68 Å². The summed E-state index contributed by atoms with van der Waals surface area (Å²) in [7, 11) is 1.68. The summed E-state index contributed by atoms with van der Waals surface area (Å²) in [6.45, 7) is 4.35. The highest BCUT2D eigenvalue weighted by Crippen LogP contribution is 2.28. The maximum Gasteiger partial charge on any atom is 0.144 e. The molecular formula is C14H17BrN2O. The zero-order chi connectivity index (χ0) is 13.1. The van der Waals surface area contributed by atoms with Crippen LogP contribution >= 0.6 is 15.9 Å². The van der Waals surface area contributed by atoms with E-state index in [2.05, 4.69) is 34.9 Å². The first-order chi connectivity index (χ1) is 8.69. The lowest BCUT2D eigenvalue weighted by Gasteiger charge is -2.14. The molecule has 0 atom stereocenters. The van der Waals surface area contributed by atoms with Crippen LogP contribution in [-0.2, 0) is 5.33 Å². The molecular weight excluding hydrogens is 292 g/mol. The molecule has 18 heavy (non-hydrogen) atoms. The third kappa shape index (κ3) is 2.29. The largest absolute Gasteiger partial charge is 0.494 e. The predicted molar refractivity (Wildman–Crippen MR) is 76.8 cm³/mol. The van der Waals surface area contributed by atoms with Crippen molar-refractivity contribution in [3.05, 3.63) is 41.7 Å². The molecule has 0 aliphatic carbocycles. The van der Waals surface area contributed by atoms with E-state index in [4.69, 9.17) is 4.74 Å². The Bertz CT molecular complexity index is 534. The Kier molecular flexibility index (Phi) is 4.07. The molecule has 0 aliphatic rings. The minimum atomic E-state index is 0.407. The van der Waals surface area contributed by atoms with Gasteiger partial charge in [-0.05, 0) is 18.1 Å². The fourth-order valence-electron chi connectivity index (χ4n) is 2.11. The van der Waals surface area contributed by atoms with Crippen molar-refractivity contribution in [1.82, 2.24) is 9.78 Å². The van der Waals surface area contributed by atoms with Crippen LogP contribution in [0.15, 0.2) is 30.5 Å². The van der Waals surface area contributed by atoms with Gasteiger partial charge in [0.05, 0.1) is 19.0 Å². The molecule has 0 radical (unpaired) electrons. The van der Waals surface area contributed by atoms with Gasteiger partial charge in [-0.1, -0.05) is 41.9 Å². The summed E-state index contributed by atoms with van der Waals surface area (Å²) >= 11 is 3.51. The molecule has 0 saturated heterocycles. The summed E-state index contributed by atoms with van der Waals surface area (Å²) < 4.78 is 7.38. The molecule has 0 N–H and O–H groups in total. The fraction of sp³-hybridized carbons (Fsp3) is 0.357. The topological polar surface area (TPSA) is 27.1 Å². The Morgan fingerprint density at radius 3 is 2.67 bits per heavy atom. The minimum absolute atomic E-state index is 0.407. The standard InChI is InChI=1S/C14H17BrN2O/c1-10(2)14-11(8-15)9-16-17(14)12-6-4-5-7-13(12)18-3/h4-7,9-10H,8H2,1-3H3. The monoisotopic (exact) mass is 308 g/mol. The summed E-state index contributed by atoms with van der Waals surface area (Å²) in [5.74, 6) is 1.24. The lowest BCUT2D eigenvalue weighted by atomic mass is 10.1. The quantitative estimate of drug-likeness (QED) is 0.801. The molecule has 0 unspecified atom stereocenters. The van der Waals surface area contributed by atoms with Crippen LogP contribution in [0.1, 0.15) is 31.0 Å². The van der Waals surface area contributed by atoms with Gasteiger partial charge in [-0.3, -0.25) is 0 Å². The Balaban J connectivity index is 2.60. The van der Waals surface area contributed by atoms with Crippen molar-refractivity contribution in [3.63, 3.8) is 0 Å². The second-order valence-electron chi connectivity index (χ2n) is 4.43. The molecule has 1 heterocycles. The molecule has 0 fully saturated rings. The van der Waals surface area contributed by atoms with E-state index in [1.807, 2.05) is 35.1 Å². The van der Waals surface area contributed by atoms with Gasteiger partial charge in [0.2, 0.25) is 0 Å². The van der Waals surface area contributed by atoms with Crippen molar-refractivity contribution in [3.8, 4) is 11.4 Å². The number of ether oxygens (including phenoxy) is 1. The van der Waals surface area contributed by atoms with E-state index in [1.165, 1.54) is 11.3 Å². The second kappa shape index (κ2) is 5.57. The van der Waals surface area contributed by atoms with E-state index in [1.54, 1.807) is 7.11 Å². The van der Waals surface area contributed by atoms with Gasteiger partial charge in [-0.2, -0.15) is 5.10 Å². The number of rotatable bonds is 4. The first-order valence-electron chi connectivity index (χ1n) is 5.95. The van der Waals surface area contributed by atoms with Crippen molar-refractivity contribution in [1.29, 1.82) is 0 Å². The van der Waals surface area contributed by atoms with Crippen molar-refractivity contribution in [2.45, 2.75) is 25.1 Å². The third-order valence-electron chi connectivity index (χ3n) is 2.89. The molecule has 3 nitrogen and oxygen atoms in total. The van der Waals surface area contributed by atoms with Crippen LogP contribution in [0.5, 0.6) is 5.75 Å². The molecule has 1 aromatic heterocycles. The molecule has 1 aromatic carbocycles. The molecule has 2 aromatic rings. The zero-order valence-corrected chi connectivity index (χ0v) is 12.4. The molecule has 0 amide bonds. The third-order valence-corrected chi connectivity index (χ3v) is 3.49. The van der Waals surface area contributed by atoms with Gasteiger partial charge in [0, 0.05) is 10.9 Å². The number of para-hydroxylation sites is 2. The lowest BCUT2D eigenvalue weighted by molar-refractivity contribution is 0.411. The fourth-order valence-corrected chi connectivity index (χ4v) is 2.54. The van der Waals surface area contributed by atoms with Gasteiger partial charge < -0.3 is 4.74 Å². The van der Waals surface area contributed by atoms with Gasteiger partial charge in [0.1, 0.15) is 11.4 Å². The van der Waals surface area contributed by atoms with Crippen LogP contribution in [0.3, 0.4) is 0 Å². The molecule has 0 aliphatic heterocycles. The first kappa shape index (κ1) is 13.1. The Hall–Kier alpha value is -1.29. The highest BCUT2D eigenvalue weighted by molar-refractivity contribution is 9.08. The van der Waals surface area contributed by atoms with Crippen LogP contribution in [0.4, 0.5) is 0 Å². The molecule has 0 spiro atoms. The average molecular weight is 309 g/mol. The van der Waals surface area contributed by atoms with Gasteiger partial charge in [0.25, 0.3) is 0 Å². The summed E-state index contributed by atoms with van der Waals surface area (Å²) in [5, 5.41) is 5.31. The minimum Gasteiger partial charge on any atom is -0.494 e. The van der Waals surface area contributed by atoms with E-state index in [9.17, 15) is 0 Å². The van der Waals surface area contributed by atoms with Crippen molar-refractivity contribution >= 4 is 15.9 Å². The highest BCUT2D eigenvalue weighted by atomic mass is 79.9. The number of aromatic nitrogens is 2.